The number of aryl methyl sites for hydroxylation is 1. The van der Waals surface area contributed by atoms with Crippen molar-refractivity contribution in [3.8, 4) is 0 Å². The molecule has 0 radical (unpaired) electrons. The Kier molecular flexibility index (Phi) is 8.51. The molecule has 1 aromatic carbocycles. The molecule has 0 spiro atoms. The summed E-state index contributed by atoms with van der Waals surface area (Å²) in [7, 11) is 0. The average Bonchev–Trinajstić information content (AvgIpc) is 3.40. The number of hydrogen-bond acceptors (Lipinski definition) is 7. The topological polar surface area (TPSA) is 78.0 Å². The highest BCUT2D eigenvalue weighted by Gasteiger charge is 2.24. The van der Waals surface area contributed by atoms with Crippen LogP contribution in [-0.4, -0.2) is 49.4 Å². The summed E-state index contributed by atoms with van der Waals surface area (Å²) < 4.78 is 29.5. The number of carbonyl (C=O) groups is 2. The molecule has 1 aliphatic heterocycles. The molecule has 2 heterocycles. The second-order valence-corrected chi connectivity index (χ2v) is 8.18. The highest BCUT2D eigenvalue weighted by molar-refractivity contribution is 7.17. The third kappa shape index (κ3) is 6.56. The molecule has 2 aromatic rings. The van der Waals surface area contributed by atoms with Crippen molar-refractivity contribution < 1.29 is 28.2 Å². The number of halogens is 1. The van der Waals surface area contributed by atoms with E-state index in [4.69, 9.17) is 14.2 Å². The zero-order chi connectivity index (χ0) is 22.2. The molecule has 168 valence electrons. The van der Waals surface area contributed by atoms with Gasteiger partial charge >= 0.3 is 5.97 Å². The normalized spacial score (nSPS) is 15.8. The van der Waals surface area contributed by atoms with Crippen LogP contribution in [0.2, 0.25) is 0 Å². The average molecular weight is 451 g/mol. The van der Waals surface area contributed by atoms with E-state index in [2.05, 4.69) is 4.98 Å². The van der Waals surface area contributed by atoms with Crippen LogP contribution in [0.3, 0.4) is 0 Å². The van der Waals surface area contributed by atoms with E-state index in [0.717, 1.165) is 36.3 Å². The Morgan fingerprint density at radius 1 is 1.32 bits per heavy atom. The number of esters is 1. The standard InChI is InChI=1S/C22H27FN2O5S/c1-3-29-21(27)20-15(2)24-22(31-20)25(13-16-6-8-17(23)9-7-16)19(26)10-12-28-14-18-5-4-11-30-18/h6-9,18H,3-5,10-14H2,1-2H3. The second kappa shape index (κ2) is 11.3. The summed E-state index contributed by atoms with van der Waals surface area (Å²) in [5, 5.41) is 0.397. The van der Waals surface area contributed by atoms with Gasteiger partial charge in [-0.05, 0) is 44.4 Å². The SMILES string of the molecule is CCOC(=O)c1sc(N(Cc2ccc(F)cc2)C(=O)CCOCC2CCCO2)nc1C. The molecular formula is C22H27FN2O5S. The molecule has 1 atom stereocenters. The summed E-state index contributed by atoms with van der Waals surface area (Å²) in [6.45, 7) is 5.38. The van der Waals surface area contributed by atoms with Crippen molar-refractivity contribution in [2.24, 2.45) is 0 Å². The van der Waals surface area contributed by atoms with Gasteiger partial charge < -0.3 is 14.2 Å². The molecule has 0 saturated carbocycles. The van der Waals surface area contributed by atoms with Crippen molar-refractivity contribution in [2.75, 3.05) is 31.3 Å². The lowest BCUT2D eigenvalue weighted by Crippen LogP contribution is -2.31. The van der Waals surface area contributed by atoms with Crippen LogP contribution < -0.4 is 4.90 Å². The van der Waals surface area contributed by atoms with Crippen LogP contribution >= 0.6 is 11.3 Å². The van der Waals surface area contributed by atoms with E-state index < -0.39 is 5.97 Å². The third-order valence-corrected chi connectivity index (χ3v) is 5.98. The maximum Gasteiger partial charge on any atom is 0.350 e. The maximum absolute atomic E-state index is 13.3. The largest absolute Gasteiger partial charge is 0.462 e. The van der Waals surface area contributed by atoms with Crippen LogP contribution in [-0.2, 0) is 25.5 Å². The number of thiazole rings is 1. The zero-order valence-electron chi connectivity index (χ0n) is 17.8. The van der Waals surface area contributed by atoms with Crippen LogP contribution in [0.5, 0.6) is 0 Å². The molecule has 1 aromatic heterocycles. The molecule has 0 N–H and O–H groups in total. The molecule has 1 fully saturated rings. The minimum absolute atomic E-state index is 0.0965. The van der Waals surface area contributed by atoms with E-state index in [1.165, 1.54) is 17.0 Å². The van der Waals surface area contributed by atoms with Crippen molar-refractivity contribution in [1.82, 2.24) is 4.98 Å². The van der Waals surface area contributed by atoms with Crippen molar-refractivity contribution in [1.29, 1.82) is 0 Å². The Hall–Kier alpha value is -2.36. The van der Waals surface area contributed by atoms with Gasteiger partial charge in [-0.2, -0.15) is 0 Å². The van der Waals surface area contributed by atoms with Gasteiger partial charge in [-0.1, -0.05) is 23.5 Å². The summed E-state index contributed by atoms with van der Waals surface area (Å²) in [5.41, 5.74) is 1.26. The minimum Gasteiger partial charge on any atom is -0.462 e. The summed E-state index contributed by atoms with van der Waals surface area (Å²) >= 11 is 1.11. The zero-order valence-corrected chi connectivity index (χ0v) is 18.6. The molecule has 31 heavy (non-hydrogen) atoms. The van der Waals surface area contributed by atoms with Gasteiger partial charge in [-0.15, -0.1) is 0 Å². The Balaban J connectivity index is 1.71. The molecule has 0 bridgehead atoms. The number of amides is 1. The van der Waals surface area contributed by atoms with Gasteiger partial charge in [0.1, 0.15) is 10.7 Å². The van der Waals surface area contributed by atoms with E-state index in [1.807, 2.05) is 0 Å². The first-order chi connectivity index (χ1) is 15.0. The number of ether oxygens (including phenoxy) is 3. The number of benzene rings is 1. The molecule has 0 aliphatic carbocycles. The Labute approximate surface area is 185 Å². The Bertz CT molecular complexity index is 881. The van der Waals surface area contributed by atoms with E-state index in [1.54, 1.807) is 26.0 Å². The lowest BCUT2D eigenvalue weighted by molar-refractivity contribution is -0.120. The van der Waals surface area contributed by atoms with Crippen molar-refractivity contribution in [3.63, 3.8) is 0 Å². The van der Waals surface area contributed by atoms with Crippen molar-refractivity contribution in [2.45, 2.75) is 45.8 Å². The molecule has 1 saturated heterocycles. The first-order valence-electron chi connectivity index (χ1n) is 10.4. The van der Waals surface area contributed by atoms with Gasteiger partial charge in [0.25, 0.3) is 0 Å². The number of carbonyl (C=O) groups excluding carboxylic acids is 2. The molecule has 9 heteroatoms. The Morgan fingerprint density at radius 2 is 2.10 bits per heavy atom. The fraction of sp³-hybridized carbons (Fsp3) is 0.500. The van der Waals surface area contributed by atoms with Crippen LogP contribution in [0.15, 0.2) is 24.3 Å². The number of rotatable bonds is 10. The van der Waals surface area contributed by atoms with Gasteiger partial charge in [-0.25, -0.2) is 14.2 Å². The molecular weight excluding hydrogens is 423 g/mol. The van der Waals surface area contributed by atoms with Gasteiger partial charge in [-0.3, -0.25) is 9.69 Å². The van der Waals surface area contributed by atoms with Crippen LogP contribution in [0, 0.1) is 12.7 Å². The predicted molar refractivity (Wildman–Crippen MR) is 115 cm³/mol. The van der Waals surface area contributed by atoms with E-state index in [0.29, 0.717) is 22.3 Å². The molecule has 1 amide bonds. The summed E-state index contributed by atoms with van der Waals surface area (Å²) in [5.74, 6) is -1.00. The monoisotopic (exact) mass is 450 g/mol. The molecule has 1 aliphatic rings. The fourth-order valence-electron chi connectivity index (χ4n) is 3.20. The maximum atomic E-state index is 13.3. The lowest BCUT2D eigenvalue weighted by Gasteiger charge is -2.20. The van der Waals surface area contributed by atoms with Crippen molar-refractivity contribution in [3.05, 3.63) is 46.2 Å². The first-order valence-corrected chi connectivity index (χ1v) is 11.2. The molecule has 1 unspecified atom stereocenters. The fourth-order valence-corrected chi connectivity index (χ4v) is 4.18. The van der Waals surface area contributed by atoms with Gasteiger partial charge in [0.15, 0.2) is 5.13 Å². The number of hydrogen-bond donors (Lipinski definition) is 0. The third-order valence-electron chi connectivity index (χ3n) is 4.82. The van der Waals surface area contributed by atoms with E-state index in [9.17, 15) is 14.0 Å². The molecule has 7 nitrogen and oxygen atoms in total. The quantitative estimate of drug-likeness (QED) is 0.404. The smallest absolute Gasteiger partial charge is 0.350 e. The lowest BCUT2D eigenvalue weighted by atomic mass is 10.2. The summed E-state index contributed by atoms with van der Waals surface area (Å²) in [4.78, 5) is 31.5. The van der Waals surface area contributed by atoms with Crippen LogP contribution in [0.25, 0.3) is 0 Å². The van der Waals surface area contributed by atoms with Gasteiger partial charge in [0.05, 0.1) is 44.6 Å². The number of aromatic nitrogens is 1. The van der Waals surface area contributed by atoms with Crippen molar-refractivity contribution >= 4 is 28.3 Å². The van der Waals surface area contributed by atoms with Crippen LogP contribution in [0.1, 0.15) is 47.1 Å². The van der Waals surface area contributed by atoms with Gasteiger partial charge in [0.2, 0.25) is 5.91 Å². The van der Waals surface area contributed by atoms with Gasteiger partial charge in [0, 0.05) is 6.61 Å². The summed E-state index contributed by atoms with van der Waals surface area (Å²) in [6, 6.07) is 5.94. The number of anilines is 1. The first kappa shape index (κ1) is 23.3. The number of nitrogens with zero attached hydrogens (tertiary/aromatic N) is 2. The predicted octanol–water partition coefficient (Wildman–Crippen LogP) is 3.89. The molecule has 3 rings (SSSR count). The highest BCUT2D eigenvalue weighted by atomic mass is 32.1. The summed E-state index contributed by atoms with van der Waals surface area (Å²) in [6.07, 6.45) is 2.25. The van der Waals surface area contributed by atoms with E-state index >= 15 is 0 Å². The second-order valence-electron chi connectivity index (χ2n) is 7.20. The Morgan fingerprint density at radius 3 is 2.77 bits per heavy atom. The minimum atomic E-state index is -0.460. The van der Waals surface area contributed by atoms with Crippen LogP contribution in [0.4, 0.5) is 9.52 Å². The highest BCUT2D eigenvalue weighted by Crippen LogP contribution is 2.29. The van der Waals surface area contributed by atoms with E-state index in [-0.39, 0.29) is 44.0 Å².